The predicted molar refractivity (Wildman–Crippen MR) is 58.2 cm³/mol. The minimum absolute atomic E-state index is 0.00306. The third-order valence-electron chi connectivity index (χ3n) is 1.27. The maximum Gasteiger partial charge on any atom is 0.239 e. The van der Waals surface area contributed by atoms with Crippen molar-refractivity contribution in [3.8, 4) is 0 Å². The smallest absolute Gasteiger partial charge is 0.225 e. The second-order valence-electron chi connectivity index (χ2n) is 2.24. The fourth-order valence-electron chi connectivity index (χ4n) is 0.739. The highest BCUT2D eigenvalue weighted by Crippen LogP contribution is 2.24. The summed E-state index contributed by atoms with van der Waals surface area (Å²) in [4.78, 5) is -0.208. The van der Waals surface area contributed by atoms with Gasteiger partial charge in [0.2, 0.25) is 10.0 Å². The Morgan fingerprint density at radius 1 is 1.46 bits per heavy atom. The average Bonchev–Trinajstić information content (AvgIpc) is 1.94. The van der Waals surface area contributed by atoms with E-state index in [9.17, 15) is 12.8 Å². The van der Waals surface area contributed by atoms with E-state index in [4.69, 9.17) is 5.14 Å². The molecule has 0 heterocycles. The van der Waals surface area contributed by atoms with E-state index in [-0.39, 0.29) is 8.47 Å². The van der Waals surface area contributed by atoms with Gasteiger partial charge in [0.05, 0.1) is 8.47 Å². The van der Waals surface area contributed by atoms with E-state index in [1.54, 1.807) is 22.6 Å². The van der Waals surface area contributed by atoms with Crippen LogP contribution < -0.4 is 5.14 Å². The summed E-state index contributed by atoms with van der Waals surface area (Å²) in [5.41, 5.74) is 0. The van der Waals surface area contributed by atoms with E-state index in [0.717, 1.165) is 0 Å². The molecule has 0 aliphatic rings. The first-order valence-electron chi connectivity index (χ1n) is 2.99. The van der Waals surface area contributed by atoms with Crippen LogP contribution in [0.4, 0.5) is 4.39 Å². The van der Waals surface area contributed by atoms with Crippen LogP contribution in [0.25, 0.3) is 0 Å². The molecular formula is C6H4BrFINO2S. The van der Waals surface area contributed by atoms with Crippen LogP contribution in [-0.4, -0.2) is 8.42 Å². The van der Waals surface area contributed by atoms with Crippen molar-refractivity contribution < 1.29 is 12.8 Å². The van der Waals surface area contributed by atoms with Gasteiger partial charge in [0.15, 0.2) is 0 Å². The third kappa shape index (κ3) is 2.61. The van der Waals surface area contributed by atoms with Crippen molar-refractivity contribution in [2.24, 2.45) is 5.14 Å². The molecule has 1 aromatic carbocycles. The van der Waals surface area contributed by atoms with E-state index in [0.29, 0.717) is 4.47 Å². The summed E-state index contributed by atoms with van der Waals surface area (Å²) in [6.07, 6.45) is 0. The average molecular weight is 380 g/mol. The molecule has 0 aliphatic heterocycles. The van der Waals surface area contributed by atoms with E-state index in [2.05, 4.69) is 15.9 Å². The molecule has 13 heavy (non-hydrogen) atoms. The second-order valence-corrected chi connectivity index (χ2v) is 5.77. The number of nitrogens with two attached hydrogens (primary N) is 1. The lowest BCUT2D eigenvalue weighted by atomic mass is 10.3. The topological polar surface area (TPSA) is 60.2 Å². The molecule has 1 aromatic rings. The minimum atomic E-state index is -3.86. The molecule has 0 saturated carbocycles. The third-order valence-corrected chi connectivity index (χ3v) is 4.12. The van der Waals surface area contributed by atoms with Crippen molar-refractivity contribution in [2.45, 2.75) is 4.90 Å². The Morgan fingerprint density at radius 2 is 2.00 bits per heavy atom. The summed E-state index contributed by atoms with van der Waals surface area (Å²) in [5, 5.41) is 4.88. The van der Waals surface area contributed by atoms with Crippen molar-refractivity contribution in [3.05, 3.63) is 26.0 Å². The lowest BCUT2D eigenvalue weighted by Gasteiger charge is -2.03. The Morgan fingerprint density at radius 3 is 2.46 bits per heavy atom. The first-order chi connectivity index (χ1) is 5.82. The molecule has 2 N–H and O–H groups in total. The molecule has 0 fully saturated rings. The highest BCUT2D eigenvalue weighted by atomic mass is 127. The molecule has 0 aromatic heterocycles. The fraction of sp³-hybridized carbons (Fsp3) is 0. The minimum Gasteiger partial charge on any atom is -0.225 e. The predicted octanol–water partition coefficient (Wildman–Crippen LogP) is 1.84. The van der Waals surface area contributed by atoms with E-state index < -0.39 is 15.8 Å². The monoisotopic (exact) mass is 379 g/mol. The van der Waals surface area contributed by atoms with E-state index >= 15 is 0 Å². The number of halogens is 3. The molecule has 72 valence electrons. The normalized spacial score (nSPS) is 11.7. The largest absolute Gasteiger partial charge is 0.239 e. The maximum atomic E-state index is 13.0. The highest BCUT2D eigenvalue weighted by molar-refractivity contribution is 14.1. The zero-order valence-corrected chi connectivity index (χ0v) is 10.7. The molecule has 3 nitrogen and oxygen atoms in total. The van der Waals surface area contributed by atoms with Gasteiger partial charge in [-0.25, -0.2) is 17.9 Å². The zero-order valence-electron chi connectivity index (χ0n) is 6.09. The van der Waals surface area contributed by atoms with Crippen molar-refractivity contribution in [1.29, 1.82) is 0 Å². The number of sulfonamides is 1. The van der Waals surface area contributed by atoms with Gasteiger partial charge in [0.25, 0.3) is 0 Å². The standard InChI is InChI=1S/C6H4BrFINO2S/c7-3-1-4(8)6(9)5(2-3)13(10,11)12/h1-2H,(H2,10,11,12). The van der Waals surface area contributed by atoms with Crippen molar-refractivity contribution in [3.63, 3.8) is 0 Å². The Bertz CT molecular complexity index is 448. The Labute approximate surface area is 96.8 Å². The van der Waals surface area contributed by atoms with Gasteiger partial charge in [-0.1, -0.05) is 15.9 Å². The number of primary sulfonamides is 1. The van der Waals surface area contributed by atoms with E-state index in [1.807, 2.05) is 0 Å². The van der Waals surface area contributed by atoms with Gasteiger partial charge in [-0.15, -0.1) is 0 Å². The molecule has 0 atom stereocenters. The summed E-state index contributed by atoms with van der Waals surface area (Å²) in [7, 11) is -3.86. The Hall–Kier alpha value is 0.270. The van der Waals surface area contributed by atoms with Gasteiger partial charge in [0, 0.05) is 4.47 Å². The van der Waals surface area contributed by atoms with E-state index in [1.165, 1.54) is 12.1 Å². The summed E-state index contributed by atoms with van der Waals surface area (Å²) >= 11 is 4.57. The number of hydrogen-bond acceptors (Lipinski definition) is 2. The van der Waals surface area contributed by atoms with Gasteiger partial charge in [-0.2, -0.15) is 0 Å². The fourth-order valence-corrected chi connectivity index (χ4v) is 3.19. The highest BCUT2D eigenvalue weighted by Gasteiger charge is 2.16. The molecule has 7 heteroatoms. The van der Waals surface area contributed by atoms with Crippen molar-refractivity contribution in [1.82, 2.24) is 0 Å². The van der Waals surface area contributed by atoms with Gasteiger partial charge in [0.1, 0.15) is 5.82 Å². The lowest BCUT2D eigenvalue weighted by Crippen LogP contribution is -2.14. The van der Waals surface area contributed by atoms with Crippen LogP contribution >= 0.6 is 38.5 Å². The molecule has 0 radical (unpaired) electrons. The first kappa shape index (κ1) is 11.3. The lowest BCUT2D eigenvalue weighted by molar-refractivity contribution is 0.588. The second kappa shape index (κ2) is 3.79. The molecule has 0 bridgehead atoms. The number of rotatable bonds is 1. The SMILES string of the molecule is NS(=O)(=O)c1cc(Br)cc(F)c1I. The van der Waals surface area contributed by atoms with Gasteiger partial charge < -0.3 is 0 Å². The van der Waals surface area contributed by atoms with Crippen LogP contribution in [0.15, 0.2) is 21.5 Å². The molecule has 0 spiro atoms. The maximum absolute atomic E-state index is 13.0. The van der Waals surface area contributed by atoms with Gasteiger partial charge in [-0.3, -0.25) is 0 Å². The van der Waals surface area contributed by atoms with Crippen molar-refractivity contribution in [2.75, 3.05) is 0 Å². The summed E-state index contributed by atoms with van der Waals surface area (Å²) in [6.45, 7) is 0. The van der Waals surface area contributed by atoms with Crippen LogP contribution in [0.2, 0.25) is 0 Å². The summed E-state index contributed by atoms with van der Waals surface area (Å²) < 4.78 is 35.2. The zero-order chi connectivity index (χ0) is 10.2. The molecule has 0 saturated heterocycles. The molecule has 0 unspecified atom stereocenters. The molecular weight excluding hydrogens is 376 g/mol. The van der Waals surface area contributed by atoms with Crippen LogP contribution in [0.3, 0.4) is 0 Å². The number of hydrogen-bond donors (Lipinski definition) is 1. The quantitative estimate of drug-likeness (QED) is 0.597. The van der Waals surface area contributed by atoms with Crippen LogP contribution in [0.5, 0.6) is 0 Å². The number of benzene rings is 1. The van der Waals surface area contributed by atoms with Crippen LogP contribution in [-0.2, 0) is 10.0 Å². The summed E-state index contributed by atoms with van der Waals surface area (Å²) in [6, 6.07) is 2.44. The molecule has 1 rings (SSSR count). The Kier molecular flexibility index (Phi) is 3.31. The van der Waals surface area contributed by atoms with Crippen LogP contribution in [0.1, 0.15) is 0 Å². The van der Waals surface area contributed by atoms with Gasteiger partial charge >= 0.3 is 0 Å². The Balaban J connectivity index is 3.56. The van der Waals surface area contributed by atoms with Gasteiger partial charge in [-0.05, 0) is 34.7 Å². The molecule has 0 aliphatic carbocycles. The summed E-state index contributed by atoms with van der Waals surface area (Å²) in [5.74, 6) is -0.612. The van der Waals surface area contributed by atoms with Crippen LogP contribution in [0, 0.1) is 9.39 Å². The van der Waals surface area contributed by atoms with Crippen molar-refractivity contribution >= 4 is 48.5 Å². The molecule has 0 amide bonds. The first-order valence-corrected chi connectivity index (χ1v) is 6.41.